The Hall–Kier alpha value is -1.72. The largest absolute Gasteiger partial charge is 0.481 e. The molecule has 0 heterocycles. The number of hydrogen-bond acceptors (Lipinski definition) is 3. The molecule has 2 aliphatic rings. The first-order valence-corrected chi connectivity index (χ1v) is 19.0. The van der Waals surface area contributed by atoms with Crippen LogP contribution in [0, 0.1) is 11.8 Å². The molecule has 0 aromatic heterocycles. The Labute approximate surface area is 242 Å². The van der Waals surface area contributed by atoms with Crippen molar-refractivity contribution < 1.29 is 19.1 Å². The van der Waals surface area contributed by atoms with E-state index in [0.717, 1.165) is 56.8 Å². The van der Waals surface area contributed by atoms with Gasteiger partial charge in [0.15, 0.2) is 14.1 Å². The van der Waals surface area contributed by atoms with Crippen molar-refractivity contribution >= 4 is 20.1 Å². The van der Waals surface area contributed by atoms with Crippen LogP contribution in [0.3, 0.4) is 0 Å². The average molecular weight is 561 g/mol. The van der Waals surface area contributed by atoms with Gasteiger partial charge in [-0.1, -0.05) is 76.0 Å². The number of carboxylic acids is 1. The molecule has 2 rings (SSSR count). The predicted molar refractivity (Wildman–Crippen MR) is 171 cm³/mol. The maximum Gasteiger partial charge on any atom is 0.303 e. The Balaban J connectivity index is 0.000000667. The number of aliphatic carboxylic acids is 1. The van der Waals surface area contributed by atoms with Gasteiger partial charge in [0, 0.05) is 18.9 Å². The number of hydrogen-bond donors (Lipinski definition) is 1. The molecule has 0 spiro atoms. The smallest absolute Gasteiger partial charge is 0.303 e. The van der Waals surface area contributed by atoms with Gasteiger partial charge < -0.3 is 9.53 Å². The molecule has 1 unspecified atom stereocenters. The van der Waals surface area contributed by atoms with Crippen molar-refractivity contribution in [2.24, 2.45) is 11.8 Å². The van der Waals surface area contributed by atoms with Crippen LogP contribution in [0.5, 0.6) is 0 Å². The van der Waals surface area contributed by atoms with E-state index in [4.69, 9.17) is 9.53 Å². The summed E-state index contributed by atoms with van der Waals surface area (Å²) in [6.07, 6.45) is 32.7. The van der Waals surface area contributed by atoms with Crippen LogP contribution < -0.4 is 0 Å². The molecule has 224 valence electrons. The molecule has 39 heavy (non-hydrogen) atoms. The number of rotatable bonds is 17. The number of allylic oxidation sites excluding steroid dienone is 6. The van der Waals surface area contributed by atoms with E-state index in [9.17, 15) is 9.59 Å². The highest BCUT2D eigenvalue weighted by molar-refractivity contribution is 6.69. The van der Waals surface area contributed by atoms with Gasteiger partial charge in [-0.05, 0) is 102 Å². The van der Waals surface area contributed by atoms with Gasteiger partial charge in [-0.25, -0.2) is 0 Å². The third-order valence-electron chi connectivity index (χ3n) is 6.86. The van der Waals surface area contributed by atoms with Crippen LogP contribution in [0.15, 0.2) is 49.1 Å². The molecule has 0 aliphatic heterocycles. The first-order chi connectivity index (χ1) is 18.6. The minimum atomic E-state index is -1.34. The highest BCUT2D eigenvalue weighted by atomic mass is 28.4. The van der Waals surface area contributed by atoms with Crippen molar-refractivity contribution in [1.29, 1.82) is 0 Å². The predicted octanol–water partition coefficient (Wildman–Crippen LogP) is 10.2. The van der Waals surface area contributed by atoms with E-state index >= 15 is 0 Å². The van der Waals surface area contributed by atoms with Crippen molar-refractivity contribution in [2.75, 3.05) is 0 Å². The van der Waals surface area contributed by atoms with Crippen LogP contribution in [0.25, 0.3) is 0 Å². The molecule has 0 bridgehead atoms. The molecule has 1 N–H and O–H groups in total. The number of unbranched alkanes of at least 4 members (excludes halogenated alkanes) is 4. The summed E-state index contributed by atoms with van der Waals surface area (Å²) in [5.41, 5.74) is 0. The third-order valence-corrected chi connectivity index (χ3v) is 7.90. The zero-order chi connectivity index (χ0) is 29.4. The Kier molecular flexibility index (Phi) is 23.0. The molecule has 0 radical (unpaired) electrons. The van der Waals surface area contributed by atoms with Crippen molar-refractivity contribution in [1.82, 2.24) is 0 Å². The normalized spacial score (nSPS) is 19.6. The van der Waals surface area contributed by atoms with Gasteiger partial charge in [-0.2, -0.15) is 0 Å². The van der Waals surface area contributed by atoms with Crippen LogP contribution in [0.1, 0.15) is 117 Å². The van der Waals surface area contributed by atoms with E-state index in [0.29, 0.717) is 6.10 Å². The lowest BCUT2D eigenvalue weighted by molar-refractivity contribution is -0.137. The van der Waals surface area contributed by atoms with Crippen LogP contribution in [-0.4, -0.2) is 31.3 Å². The fourth-order valence-corrected chi connectivity index (χ4v) is 6.13. The van der Waals surface area contributed by atoms with E-state index in [1.54, 1.807) is 6.08 Å². The van der Waals surface area contributed by atoms with Crippen LogP contribution in [0.2, 0.25) is 19.6 Å². The minimum absolute atomic E-state index is 0.273. The summed E-state index contributed by atoms with van der Waals surface area (Å²) in [6, 6.07) is 0. The lowest BCUT2D eigenvalue weighted by atomic mass is 9.92. The average Bonchev–Trinajstić information content (AvgIpc) is 3.52. The maximum absolute atomic E-state index is 10.4. The summed E-state index contributed by atoms with van der Waals surface area (Å²) in [6.45, 7) is 14.9. The quantitative estimate of drug-likeness (QED) is 0.109. The van der Waals surface area contributed by atoms with E-state index in [1.165, 1.54) is 51.4 Å². The van der Waals surface area contributed by atoms with Gasteiger partial charge in [-0.3, -0.25) is 9.59 Å². The molecule has 1 fully saturated rings. The molecule has 0 amide bonds. The van der Waals surface area contributed by atoms with Crippen LogP contribution >= 0.6 is 0 Å². The van der Waals surface area contributed by atoms with Gasteiger partial charge in [0.2, 0.25) is 0 Å². The molecule has 5 heteroatoms. The molecule has 0 aromatic carbocycles. The second kappa shape index (κ2) is 24.1. The van der Waals surface area contributed by atoms with E-state index in [1.807, 2.05) is 12.2 Å². The summed E-state index contributed by atoms with van der Waals surface area (Å²) < 4.78 is 5.99. The number of carbonyl (C=O) groups excluding carboxylic acids is 1. The zero-order valence-electron chi connectivity index (χ0n) is 26.0. The zero-order valence-corrected chi connectivity index (χ0v) is 27.0. The molecule has 0 saturated heterocycles. The molecular formula is C34H60O4Si. The second-order valence-electron chi connectivity index (χ2n) is 11.8. The summed E-state index contributed by atoms with van der Waals surface area (Å²) in [5.74, 6) is 1.17. The van der Waals surface area contributed by atoms with Crippen LogP contribution in [0.4, 0.5) is 0 Å². The van der Waals surface area contributed by atoms with Crippen LogP contribution in [-0.2, 0) is 14.0 Å². The fraction of sp³-hybridized carbons (Fsp3) is 0.706. The Morgan fingerprint density at radius 2 is 1.85 bits per heavy atom. The molecule has 4 nitrogen and oxygen atoms in total. The van der Waals surface area contributed by atoms with E-state index < -0.39 is 14.3 Å². The lowest BCUT2D eigenvalue weighted by Crippen LogP contribution is -2.31. The number of carboxylic acid groups (broad SMARTS) is 1. The summed E-state index contributed by atoms with van der Waals surface area (Å²) in [7, 11) is -1.34. The summed E-state index contributed by atoms with van der Waals surface area (Å²) in [4.78, 5) is 20.6. The Morgan fingerprint density at radius 1 is 1.10 bits per heavy atom. The Bertz CT molecular complexity index is 732. The summed E-state index contributed by atoms with van der Waals surface area (Å²) >= 11 is 0. The van der Waals surface area contributed by atoms with Crippen molar-refractivity contribution in [3.63, 3.8) is 0 Å². The number of ketones is 1. The topological polar surface area (TPSA) is 63.6 Å². The summed E-state index contributed by atoms with van der Waals surface area (Å²) in [5, 5.41) is 8.58. The maximum atomic E-state index is 10.4. The SMILES string of the molecule is C=CCC(CCC)O[Si](C)(C)C.CCCCC/C=C/[C@H]1CCC[C@@H]1C/C=C\CCCC(=O)O.O=C1C=CCC1. The van der Waals surface area contributed by atoms with Crippen molar-refractivity contribution in [3.05, 3.63) is 49.1 Å². The number of carbonyl (C=O) groups is 2. The standard InChI is InChI=1S/C19H32O2.C10H22OSi.C5H6O/c1-2-3-4-5-8-12-17-14-11-15-18(17)13-9-6-7-10-16-19(20)21;1-6-8-10(9-7-2)11-12(3,4)5;6-5-3-1-2-4-5/h6,8-9,12,17-18H,2-5,7,10-11,13-16H2,1H3,(H,20,21);6,10H,1,7-9H2,2-5H3;1,3H,2,4H2/b9-6-,12-8+;;/t17-,18-;;/m0../s1. The molecular weight excluding hydrogens is 500 g/mol. The molecule has 3 atom stereocenters. The van der Waals surface area contributed by atoms with Gasteiger partial charge in [-0.15, -0.1) is 6.58 Å². The van der Waals surface area contributed by atoms with Gasteiger partial charge in [0.05, 0.1) is 0 Å². The Morgan fingerprint density at radius 3 is 2.38 bits per heavy atom. The molecule has 0 aromatic rings. The first kappa shape index (κ1) is 37.3. The molecule has 1 saturated carbocycles. The first-order valence-electron chi connectivity index (χ1n) is 15.6. The highest BCUT2D eigenvalue weighted by Crippen LogP contribution is 2.35. The third kappa shape index (κ3) is 23.8. The fourth-order valence-electron chi connectivity index (χ4n) is 4.91. The second-order valence-corrected chi connectivity index (χ2v) is 16.3. The highest BCUT2D eigenvalue weighted by Gasteiger charge is 2.23. The minimum Gasteiger partial charge on any atom is -0.481 e. The van der Waals surface area contributed by atoms with Crippen molar-refractivity contribution in [2.45, 2.75) is 142 Å². The molecule has 2 aliphatic carbocycles. The van der Waals surface area contributed by atoms with Crippen molar-refractivity contribution in [3.8, 4) is 0 Å². The van der Waals surface area contributed by atoms with Gasteiger partial charge in [0.25, 0.3) is 0 Å². The van der Waals surface area contributed by atoms with E-state index in [-0.39, 0.29) is 12.2 Å². The van der Waals surface area contributed by atoms with Gasteiger partial charge >= 0.3 is 5.97 Å². The van der Waals surface area contributed by atoms with E-state index in [2.05, 4.69) is 64.4 Å². The lowest BCUT2D eigenvalue weighted by Gasteiger charge is -2.25. The monoisotopic (exact) mass is 560 g/mol. The van der Waals surface area contributed by atoms with Gasteiger partial charge in [0.1, 0.15) is 0 Å².